The molecule has 3 N–H and O–H groups in total. The van der Waals surface area contributed by atoms with Crippen molar-refractivity contribution in [1.29, 1.82) is 0 Å². The number of ether oxygens (including phenoxy) is 1. The normalized spacial score (nSPS) is 20.3. The van der Waals surface area contributed by atoms with Gasteiger partial charge in [-0.05, 0) is 55.6 Å². The van der Waals surface area contributed by atoms with Crippen molar-refractivity contribution in [1.82, 2.24) is 15.5 Å². The molecule has 2 aliphatic rings. The molecule has 7 nitrogen and oxygen atoms in total. The Balaban J connectivity index is 0.000000252. The van der Waals surface area contributed by atoms with Crippen LogP contribution in [0.2, 0.25) is 5.04 Å². The number of piperazine rings is 1. The minimum Gasteiger partial charge on any atom is -0.444 e. The van der Waals surface area contributed by atoms with Crippen LogP contribution in [0.15, 0.2) is 60.7 Å². The number of nitrogens with zero attached hydrogens (tertiary/aromatic N) is 1. The van der Waals surface area contributed by atoms with E-state index in [2.05, 4.69) is 92.1 Å². The minimum atomic E-state index is -2.37. The molecular formula is C32H51N3O4Si. The number of aliphatic hydroxyl groups is 1. The first-order chi connectivity index (χ1) is 19.0. The van der Waals surface area contributed by atoms with Crippen molar-refractivity contribution in [2.45, 2.75) is 83.5 Å². The van der Waals surface area contributed by atoms with Crippen molar-refractivity contribution in [2.24, 2.45) is 0 Å². The van der Waals surface area contributed by atoms with Crippen LogP contribution in [0, 0.1) is 0 Å². The molecule has 2 aliphatic heterocycles. The van der Waals surface area contributed by atoms with E-state index in [0.717, 1.165) is 13.2 Å². The zero-order chi connectivity index (χ0) is 29.2. The van der Waals surface area contributed by atoms with E-state index in [1.165, 1.54) is 29.6 Å². The van der Waals surface area contributed by atoms with E-state index < -0.39 is 13.9 Å². The number of carbonyl (C=O) groups excluding carboxylic acids is 1. The van der Waals surface area contributed by atoms with E-state index in [9.17, 15) is 4.79 Å². The summed E-state index contributed by atoms with van der Waals surface area (Å²) in [6.45, 7) is 16.3. The van der Waals surface area contributed by atoms with Gasteiger partial charge in [0.1, 0.15) is 5.60 Å². The summed E-state index contributed by atoms with van der Waals surface area (Å²) >= 11 is 0. The first kappa shape index (κ1) is 32.3. The van der Waals surface area contributed by atoms with E-state index in [-0.39, 0.29) is 23.8 Å². The van der Waals surface area contributed by atoms with Gasteiger partial charge in [-0.1, -0.05) is 87.9 Å². The Bertz CT molecular complexity index is 978. The Morgan fingerprint density at radius 2 is 1.48 bits per heavy atom. The highest BCUT2D eigenvalue weighted by molar-refractivity contribution is 6.99. The van der Waals surface area contributed by atoms with Gasteiger partial charge in [0.05, 0.1) is 13.2 Å². The van der Waals surface area contributed by atoms with Crippen molar-refractivity contribution in [3.05, 3.63) is 60.7 Å². The van der Waals surface area contributed by atoms with Crippen LogP contribution in [0.5, 0.6) is 0 Å². The van der Waals surface area contributed by atoms with Gasteiger partial charge in [-0.25, -0.2) is 4.79 Å². The van der Waals surface area contributed by atoms with Gasteiger partial charge in [-0.15, -0.1) is 0 Å². The van der Waals surface area contributed by atoms with Gasteiger partial charge in [0.2, 0.25) is 0 Å². The molecule has 0 spiro atoms. The van der Waals surface area contributed by atoms with Crippen LogP contribution in [-0.2, 0) is 9.16 Å². The third kappa shape index (κ3) is 8.88. The fourth-order valence-electron chi connectivity index (χ4n) is 5.49. The van der Waals surface area contributed by atoms with E-state index in [4.69, 9.17) is 14.3 Å². The molecule has 0 bridgehead atoms. The quantitative estimate of drug-likeness (QED) is 0.458. The molecule has 2 aromatic rings. The monoisotopic (exact) mass is 569 g/mol. The summed E-state index contributed by atoms with van der Waals surface area (Å²) in [5, 5.41) is 18.5. The summed E-state index contributed by atoms with van der Waals surface area (Å²) in [5.74, 6) is 0. The lowest BCUT2D eigenvalue weighted by Gasteiger charge is -2.44. The largest absolute Gasteiger partial charge is 0.444 e. The van der Waals surface area contributed by atoms with Crippen LogP contribution in [0.3, 0.4) is 0 Å². The molecule has 0 aromatic heterocycles. The molecule has 0 saturated carbocycles. The SMILES string of the molecule is CC(C)(C)OC(=O)N1CCN[C@@H](CO)C1.CC(C)(C)[Si](OC[C@H]1CCCCN1)(c1ccccc1)c1ccccc1. The standard InChI is InChI=1S/C22H31NOSi.C10H20N2O3/c1-22(2,3)25(20-13-6-4-7-14-20,21-15-8-5-9-16-21)24-18-19-12-10-11-17-23-19;1-10(2,3)15-9(14)12-5-4-11-8(6-12)7-13/h4-9,13-16,19,23H,10-12,17-18H2,1-3H3;8,11,13H,4-7H2,1-3H3/t19-;8-/m11/s1. The molecule has 222 valence electrons. The maximum Gasteiger partial charge on any atom is 0.410 e. The zero-order valence-electron chi connectivity index (χ0n) is 25.4. The van der Waals surface area contributed by atoms with Crippen LogP contribution in [-0.4, -0.2) is 81.5 Å². The second kappa shape index (κ2) is 14.6. The van der Waals surface area contributed by atoms with E-state index in [1.54, 1.807) is 4.90 Å². The first-order valence-corrected chi connectivity index (χ1v) is 16.7. The Kier molecular flexibility index (Phi) is 11.8. The van der Waals surface area contributed by atoms with Crippen LogP contribution in [0.4, 0.5) is 4.79 Å². The topological polar surface area (TPSA) is 83.1 Å². The van der Waals surface area contributed by atoms with Gasteiger partial charge in [0, 0.05) is 31.7 Å². The van der Waals surface area contributed by atoms with Crippen LogP contribution < -0.4 is 21.0 Å². The summed E-state index contributed by atoms with van der Waals surface area (Å²) in [6, 6.07) is 22.3. The van der Waals surface area contributed by atoms with Crippen LogP contribution >= 0.6 is 0 Å². The molecule has 0 aliphatic carbocycles. The molecule has 2 aromatic carbocycles. The number of benzene rings is 2. The number of hydrogen-bond acceptors (Lipinski definition) is 6. The number of hydrogen-bond donors (Lipinski definition) is 3. The van der Waals surface area contributed by atoms with Gasteiger partial charge >= 0.3 is 6.09 Å². The Morgan fingerprint density at radius 1 is 0.900 bits per heavy atom. The molecule has 4 rings (SSSR count). The molecule has 2 saturated heterocycles. The summed E-state index contributed by atoms with van der Waals surface area (Å²) in [7, 11) is -2.37. The number of nitrogens with one attached hydrogen (secondary N) is 2. The molecule has 0 unspecified atom stereocenters. The van der Waals surface area contributed by atoms with E-state index in [1.807, 2.05) is 20.8 Å². The number of piperidine rings is 1. The third-order valence-corrected chi connectivity index (χ3v) is 12.5. The van der Waals surface area contributed by atoms with Crippen molar-refractivity contribution >= 4 is 24.8 Å². The van der Waals surface area contributed by atoms with Crippen molar-refractivity contribution in [3.63, 3.8) is 0 Å². The van der Waals surface area contributed by atoms with Crippen LogP contribution in [0.25, 0.3) is 0 Å². The van der Waals surface area contributed by atoms with Crippen molar-refractivity contribution in [3.8, 4) is 0 Å². The molecule has 1 amide bonds. The van der Waals surface area contributed by atoms with Gasteiger partial charge in [-0.2, -0.15) is 0 Å². The van der Waals surface area contributed by atoms with Crippen LogP contribution in [0.1, 0.15) is 60.8 Å². The van der Waals surface area contributed by atoms with Crippen molar-refractivity contribution < 1.29 is 19.1 Å². The first-order valence-electron chi connectivity index (χ1n) is 14.8. The average Bonchev–Trinajstić information content (AvgIpc) is 2.94. The van der Waals surface area contributed by atoms with Gasteiger partial charge in [0.15, 0.2) is 0 Å². The highest BCUT2D eigenvalue weighted by atomic mass is 28.4. The summed E-state index contributed by atoms with van der Waals surface area (Å²) in [6.07, 6.45) is 3.51. The molecule has 2 atom stereocenters. The van der Waals surface area contributed by atoms with E-state index in [0.29, 0.717) is 25.7 Å². The lowest BCUT2D eigenvalue weighted by molar-refractivity contribution is 0.0173. The minimum absolute atomic E-state index is 0.0359. The van der Waals surface area contributed by atoms with Crippen molar-refractivity contribution in [2.75, 3.05) is 39.4 Å². The average molecular weight is 570 g/mol. The van der Waals surface area contributed by atoms with Gasteiger partial charge in [0.25, 0.3) is 8.32 Å². The molecule has 2 fully saturated rings. The van der Waals surface area contributed by atoms with E-state index >= 15 is 0 Å². The summed E-state index contributed by atoms with van der Waals surface area (Å²) in [5.41, 5.74) is -0.462. The fourth-order valence-corrected chi connectivity index (χ4v) is 10.1. The smallest absolute Gasteiger partial charge is 0.410 e. The fraction of sp³-hybridized carbons (Fsp3) is 0.594. The highest BCUT2D eigenvalue weighted by Crippen LogP contribution is 2.37. The highest BCUT2D eigenvalue weighted by Gasteiger charge is 2.50. The molecular weight excluding hydrogens is 518 g/mol. The second-order valence-corrected chi connectivity index (χ2v) is 17.2. The number of amides is 1. The predicted molar refractivity (Wildman–Crippen MR) is 166 cm³/mol. The lowest BCUT2D eigenvalue weighted by Crippen LogP contribution is -2.67. The Morgan fingerprint density at radius 3 is 1.95 bits per heavy atom. The maximum atomic E-state index is 11.7. The number of rotatable bonds is 6. The predicted octanol–water partition coefficient (Wildman–Crippen LogP) is 3.89. The van der Waals surface area contributed by atoms with Gasteiger partial charge in [-0.3, -0.25) is 0 Å². The molecule has 0 radical (unpaired) electrons. The lowest BCUT2D eigenvalue weighted by atomic mass is 10.1. The molecule has 40 heavy (non-hydrogen) atoms. The number of aliphatic hydroxyl groups excluding tert-OH is 1. The van der Waals surface area contributed by atoms with Gasteiger partial charge < -0.3 is 29.8 Å². The summed E-state index contributed by atoms with van der Waals surface area (Å²) < 4.78 is 12.2. The Labute approximate surface area is 242 Å². The second-order valence-electron chi connectivity index (χ2n) is 12.9. The summed E-state index contributed by atoms with van der Waals surface area (Å²) in [4.78, 5) is 13.3. The maximum absolute atomic E-state index is 11.7. The number of carbonyl (C=O) groups is 1. The zero-order valence-corrected chi connectivity index (χ0v) is 26.4. The molecule has 8 heteroatoms. The molecule has 2 heterocycles. The third-order valence-electron chi connectivity index (χ3n) is 7.46. The Hall–Kier alpha value is -2.23.